The predicted octanol–water partition coefficient (Wildman–Crippen LogP) is 2.78. The van der Waals surface area contributed by atoms with E-state index in [2.05, 4.69) is 10.3 Å². The van der Waals surface area contributed by atoms with Crippen LogP contribution in [0.3, 0.4) is 0 Å². The molecular formula is C22H23N3O3. The Morgan fingerprint density at radius 3 is 2.89 bits per heavy atom. The van der Waals surface area contributed by atoms with Gasteiger partial charge in [0.1, 0.15) is 11.4 Å². The first-order valence-electron chi connectivity index (χ1n) is 9.61. The Hall–Kier alpha value is -3.15. The van der Waals surface area contributed by atoms with E-state index >= 15 is 0 Å². The molecule has 2 heterocycles. The van der Waals surface area contributed by atoms with Gasteiger partial charge in [0.2, 0.25) is 5.91 Å². The van der Waals surface area contributed by atoms with Gasteiger partial charge in [0, 0.05) is 18.7 Å². The second-order valence-corrected chi connectivity index (χ2v) is 7.01. The molecule has 6 heteroatoms. The minimum Gasteiger partial charge on any atom is -0.493 e. The van der Waals surface area contributed by atoms with Crippen LogP contribution in [0.25, 0.3) is 11.0 Å². The molecule has 4 rings (SSSR count). The summed E-state index contributed by atoms with van der Waals surface area (Å²) >= 11 is 0. The molecule has 0 saturated carbocycles. The summed E-state index contributed by atoms with van der Waals surface area (Å²) in [6, 6.07) is 15.3. The second-order valence-electron chi connectivity index (χ2n) is 7.01. The standard InChI is InChI=1S/C22H23N3O3/c1-15-22(27)25(19-9-4-3-8-18(19)24-15)13-6-12-23-21(26)17-11-14-28-20-10-5-2-7-16(17)20/h2-5,7-10,17H,6,11-14H2,1H3,(H,23,26). The maximum atomic E-state index is 12.7. The molecule has 0 bridgehead atoms. The lowest BCUT2D eigenvalue weighted by Crippen LogP contribution is -2.34. The normalized spacial score (nSPS) is 15.7. The minimum atomic E-state index is -0.184. The molecular weight excluding hydrogens is 354 g/mol. The molecule has 1 atom stereocenters. The fourth-order valence-corrected chi connectivity index (χ4v) is 3.73. The van der Waals surface area contributed by atoms with Crippen LogP contribution in [0.4, 0.5) is 0 Å². The van der Waals surface area contributed by atoms with E-state index in [0.717, 1.165) is 22.3 Å². The molecule has 6 nitrogen and oxygen atoms in total. The molecule has 0 spiro atoms. The van der Waals surface area contributed by atoms with Gasteiger partial charge in [-0.05, 0) is 38.0 Å². The molecule has 28 heavy (non-hydrogen) atoms. The SMILES string of the molecule is Cc1nc2ccccc2n(CCCNC(=O)C2CCOc3ccccc32)c1=O. The zero-order valence-corrected chi connectivity index (χ0v) is 15.9. The molecule has 1 N–H and O–H groups in total. The molecule has 3 aromatic rings. The maximum absolute atomic E-state index is 12.7. The summed E-state index contributed by atoms with van der Waals surface area (Å²) in [4.78, 5) is 29.5. The van der Waals surface area contributed by atoms with Crippen LogP contribution >= 0.6 is 0 Å². The van der Waals surface area contributed by atoms with Gasteiger partial charge in [0.05, 0.1) is 23.6 Å². The lowest BCUT2D eigenvalue weighted by molar-refractivity contribution is -0.123. The van der Waals surface area contributed by atoms with E-state index in [1.165, 1.54) is 0 Å². The Morgan fingerprint density at radius 1 is 1.21 bits per heavy atom. The Bertz CT molecular complexity index is 1070. The number of hydrogen-bond donors (Lipinski definition) is 1. The zero-order valence-electron chi connectivity index (χ0n) is 15.9. The largest absolute Gasteiger partial charge is 0.493 e. The van der Waals surface area contributed by atoms with Gasteiger partial charge in [0.15, 0.2) is 0 Å². The van der Waals surface area contributed by atoms with Crippen LogP contribution in [0.1, 0.15) is 30.0 Å². The first-order valence-corrected chi connectivity index (χ1v) is 9.61. The van der Waals surface area contributed by atoms with Gasteiger partial charge >= 0.3 is 0 Å². The van der Waals surface area contributed by atoms with E-state index in [1.54, 1.807) is 11.5 Å². The fourth-order valence-electron chi connectivity index (χ4n) is 3.73. The van der Waals surface area contributed by atoms with Gasteiger partial charge in [-0.15, -0.1) is 0 Å². The van der Waals surface area contributed by atoms with Crippen LogP contribution in [-0.2, 0) is 11.3 Å². The van der Waals surface area contributed by atoms with E-state index in [9.17, 15) is 9.59 Å². The molecule has 0 radical (unpaired) electrons. The number of carbonyl (C=O) groups excluding carboxylic acids is 1. The third-order valence-electron chi connectivity index (χ3n) is 5.15. The highest BCUT2D eigenvalue weighted by Crippen LogP contribution is 2.33. The number of carbonyl (C=O) groups is 1. The van der Waals surface area contributed by atoms with Crippen molar-refractivity contribution in [1.29, 1.82) is 0 Å². The number of fused-ring (bicyclic) bond motifs is 2. The van der Waals surface area contributed by atoms with Crippen molar-refractivity contribution >= 4 is 16.9 Å². The number of amides is 1. The third kappa shape index (κ3) is 3.50. The number of para-hydroxylation sites is 3. The van der Waals surface area contributed by atoms with Crippen molar-refractivity contribution in [2.75, 3.05) is 13.2 Å². The third-order valence-corrected chi connectivity index (χ3v) is 5.15. The summed E-state index contributed by atoms with van der Waals surface area (Å²) in [6.45, 7) is 3.33. The van der Waals surface area contributed by atoms with Crippen molar-refractivity contribution in [3.63, 3.8) is 0 Å². The van der Waals surface area contributed by atoms with E-state index in [-0.39, 0.29) is 17.4 Å². The number of hydrogen-bond acceptors (Lipinski definition) is 4. The van der Waals surface area contributed by atoms with Crippen LogP contribution in [0.5, 0.6) is 5.75 Å². The van der Waals surface area contributed by atoms with Crippen LogP contribution in [0, 0.1) is 6.92 Å². The molecule has 144 valence electrons. The first kappa shape index (κ1) is 18.2. The summed E-state index contributed by atoms with van der Waals surface area (Å²) in [5, 5.41) is 3.02. The predicted molar refractivity (Wildman–Crippen MR) is 108 cm³/mol. The highest BCUT2D eigenvalue weighted by atomic mass is 16.5. The summed E-state index contributed by atoms with van der Waals surface area (Å²) in [5.41, 5.74) is 2.98. The summed E-state index contributed by atoms with van der Waals surface area (Å²) < 4.78 is 7.37. The number of nitrogens with one attached hydrogen (secondary N) is 1. The minimum absolute atomic E-state index is 0.0128. The molecule has 1 aliphatic rings. The number of rotatable bonds is 5. The fraction of sp³-hybridized carbons (Fsp3) is 0.318. The molecule has 1 aliphatic heterocycles. The van der Waals surface area contributed by atoms with Crippen molar-refractivity contribution in [3.05, 3.63) is 70.1 Å². The Morgan fingerprint density at radius 2 is 2.00 bits per heavy atom. The quantitative estimate of drug-likeness (QED) is 0.694. The maximum Gasteiger partial charge on any atom is 0.272 e. The summed E-state index contributed by atoms with van der Waals surface area (Å²) in [5.74, 6) is 0.620. The molecule has 1 unspecified atom stereocenters. The zero-order chi connectivity index (χ0) is 19.5. The van der Waals surface area contributed by atoms with Crippen LogP contribution < -0.4 is 15.6 Å². The van der Waals surface area contributed by atoms with Crippen molar-refractivity contribution in [1.82, 2.24) is 14.9 Å². The molecule has 1 aromatic heterocycles. The second kappa shape index (κ2) is 7.84. The summed E-state index contributed by atoms with van der Waals surface area (Å²) in [6.07, 6.45) is 1.35. The van der Waals surface area contributed by atoms with Crippen LogP contribution in [-0.4, -0.2) is 28.6 Å². The average molecular weight is 377 g/mol. The van der Waals surface area contributed by atoms with Gasteiger partial charge in [-0.1, -0.05) is 30.3 Å². The topological polar surface area (TPSA) is 73.2 Å². The number of nitrogens with zero attached hydrogens (tertiary/aromatic N) is 2. The van der Waals surface area contributed by atoms with Crippen LogP contribution in [0.2, 0.25) is 0 Å². The van der Waals surface area contributed by atoms with Gasteiger partial charge in [-0.3, -0.25) is 9.59 Å². The van der Waals surface area contributed by atoms with Gasteiger partial charge in [-0.2, -0.15) is 0 Å². The summed E-state index contributed by atoms with van der Waals surface area (Å²) in [7, 11) is 0. The van der Waals surface area contributed by atoms with E-state index < -0.39 is 0 Å². The van der Waals surface area contributed by atoms with Crippen molar-refractivity contribution < 1.29 is 9.53 Å². The van der Waals surface area contributed by atoms with E-state index in [4.69, 9.17) is 4.74 Å². The lowest BCUT2D eigenvalue weighted by atomic mass is 9.92. The van der Waals surface area contributed by atoms with Gasteiger partial charge in [0.25, 0.3) is 5.56 Å². The molecule has 0 saturated heterocycles. The monoisotopic (exact) mass is 377 g/mol. The van der Waals surface area contributed by atoms with Crippen molar-refractivity contribution in [2.45, 2.75) is 32.2 Å². The Kier molecular flexibility index (Phi) is 5.10. The number of ether oxygens (including phenoxy) is 1. The number of aromatic nitrogens is 2. The molecule has 2 aromatic carbocycles. The number of benzene rings is 2. The highest BCUT2D eigenvalue weighted by molar-refractivity contribution is 5.84. The van der Waals surface area contributed by atoms with Gasteiger partial charge < -0.3 is 14.6 Å². The number of aryl methyl sites for hydroxylation is 2. The van der Waals surface area contributed by atoms with Crippen molar-refractivity contribution in [3.8, 4) is 5.75 Å². The highest BCUT2D eigenvalue weighted by Gasteiger charge is 2.26. The molecule has 0 fully saturated rings. The first-order chi connectivity index (χ1) is 13.6. The Labute approximate surface area is 163 Å². The molecule has 0 aliphatic carbocycles. The average Bonchev–Trinajstić information content (AvgIpc) is 2.73. The smallest absolute Gasteiger partial charge is 0.272 e. The lowest BCUT2D eigenvalue weighted by Gasteiger charge is -2.25. The van der Waals surface area contributed by atoms with Gasteiger partial charge in [-0.25, -0.2) is 4.98 Å². The Balaban J connectivity index is 1.41. The van der Waals surface area contributed by atoms with E-state index in [1.807, 2.05) is 48.5 Å². The molecule has 1 amide bonds. The van der Waals surface area contributed by atoms with Crippen molar-refractivity contribution in [2.24, 2.45) is 0 Å². The van der Waals surface area contributed by atoms with Crippen LogP contribution in [0.15, 0.2) is 53.3 Å². The van der Waals surface area contributed by atoms with E-state index in [0.29, 0.717) is 38.2 Å².